The molecule has 3 aromatic rings. The van der Waals surface area contributed by atoms with Gasteiger partial charge in [-0.15, -0.1) is 5.10 Å². The zero-order valence-corrected chi connectivity index (χ0v) is 12.9. The first-order valence-electron chi connectivity index (χ1n) is 7.69. The molecule has 0 aliphatic carbocycles. The first-order chi connectivity index (χ1) is 11.8. The fourth-order valence-electron chi connectivity index (χ4n) is 2.65. The van der Waals surface area contributed by atoms with E-state index < -0.39 is 0 Å². The van der Waals surface area contributed by atoms with Crippen LogP contribution in [0.5, 0.6) is 0 Å². The van der Waals surface area contributed by atoms with Gasteiger partial charge in [0.2, 0.25) is 5.91 Å². The molecule has 1 aliphatic heterocycles. The van der Waals surface area contributed by atoms with Gasteiger partial charge in [-0.05, 0) is 11.6 Å². The van der Waals surface area contributed by atoms with Gasteiger partial charge in [-0.3, -0.25) is 9.78 Å². The van der Waals surface area contributed by atoms with E-state index in [-0.39, 0.29) is 11.9 Å². The minimum absolute atomic E-state index is 0.111. The topological polar surface area (TPSA) is 94.6 Å². The summed E-state index contributed by atoms with van der Waals surface area (Å²) in [6.07, 6.45) is 8.95. The molecule has 9 heteroatoms. The summed E-state index contributed by atoms with van der Waals surface area (Å²) in [5.74, 6) is 0.111. The predicted octanol–water partition coefficient (Wildman–Crippen LogP) is -0.0611. The molecule has 0 atom stereocenters. The molecule has 1 saturated heterocycles. The molecular weight excluding hydrogens is 308 g/mol. The third-order valence-electron chi connectivity index (χ3n) is 3.99. The lowest BCUT2D eigenvalue weighted by Crippen LogP contribution is -2.51. The number of carbonyl (C=O) groups is 1. The van der Waals surface area contributed by atoms with Gasteiger partial charge in [0.1, 0.15) is 12.2 Å². The highest BCUT2D eigenvalue weighted by molar-refractivity contribution is 5.79. The zero-order chi connectivity index (χ0) is 16.4. The number of carbonyl (C=O) groups excluding carboxylic acids is 1. The lowest BCUT2D eigenvalue weighted by atomic mass is 10.1. The number of amides is 1. The van der Waals surface area contributed by atoms with E-state index in [9.17, 15) is 4.79 Å². The Hall–Kier alpha value is -3.10. The van der Waals surface area contributed by atoms with Gasteiger partial charge >= 0.3 is 0 Å². The largest absolute Gasteiger partial charge is 0.338 e. The minimum Gasteiger partial charge on any atom is -0.338 e. The molecule has 0 N–H and O–H groups in total. The Kier molecular flexibility index (Phi) is 3.73. The van der Waals surface area contributed by atoms with E-state index in [1.54, 1.807) is 29.6 Å². The maximum Gasteiger partial charge on any atom is 0.227 e. The summed E-state index contributed by atoms with van der Waals surface area (Å²) in [5, 5.41) is 16.4. The Morgan fingerprint density at radius 3 is 2.79 bits per heavy atom. The molecule has 24 heavy (non-hydrogen) atoms. The Labute approximate surface area is 137 Å². The molecule has 0 aromatic carbocycles. The van der Waals surface area contributed by atoms with Crippen molar-refractivity contribution in [3.63, 3.8) is 0 Å². The predicted molar refractivity (Wildman–Crippen MR) is 82.7 cm³/mol. The summed E-state index contributed by atoms with van der Waals surface area (Å²) >= 11 is 0. The molecule has 4 rings (SSSR count). The van der Waals surface area contributed by atoms with E-state index in [1.807, 2.05) is 27.9 Å². The number of hydrogen-bond donors (Lipinski definition) is 0. The fraction of sp³-hybridized carbons (Fsp3) is 0.333. The molecule has 4 heterocycles. The SMILES string of the molecule is O=C(Cc1cccnc1)N1CC(n2cc(Cn3nccn3)nn2)C1. The first-order valence-corrected chi connectivity index (χ1v) is 7.69. The summed E-state index contributed by atoms with van der Waals surface area (Å²) in [7, 11) is 0. The quantitative estimate of drug-likeness (QED) is 0.652. The maximum atomic E-state index is 12.2. The number of hydrogen-bond acceptors (Lipinski definition) is 6. The van der Waals surface area contributed by atoms with Crippen LogP contribution in [0.25, 0.3) is 0 Å². The van der Waals surface area contributed by atoms with Crippen LogP contribution in [-0.4, -0.2) is 58.9 Å². The lowest BCUT2D eigenvalue weighted by molar-refractivity contribution is -0.136. The molecule has 1 aliphatic rings. The van der Waals surface area contributed by atoms with Crippen LogP contribution in [0.4, 0.5) is 0 Å². The van der Waals surface area contributed by atoms with Crippen molar-refractivity contribution in [1.29, 1.82) is 0 Å². The van der Waals surface area contributed by atoms with Gasteiger partial charge in [-0.1, -0.05) is 11.3 Å². The van der Waals surface area contributed by atoms with Gasteiger partial charge in [0.25, 0.3) is 0 Å². The summed E-state index contributed by atoms with van der Waals surface area (Å²) in [4.78, 5) is 19.6. The number of pyridine rings is 1. The molecular formula is C15H16N8O. The monoisotopic (exact) mass is 324 g/mol. The lowest BCUT2D eigenvalue weighted by Gasteiger charge is -2.38. The van der Waals surface area contributed by atoms with E-state index in [1.165, 1.54) is 0 Å². The molecule has 0 spiro atoms. The van der Waals surface area contributed by atoms with Gasteiger partial charge in [0.05, 0.1) is 31.1 Å². The summed E-state index contributed by atoms with van der Waals surface area (Å²) in [6.45, 7) is 1.80. The van der Waals surface area contributed by atoms with Crippen molar-refractivity contribution in [2.75, 3.05) is 13.1 Å². The Bertz CT molecular complexity index is 807. The average Bonchev–Trinajstić information content (AvgIpc) is 3.20. The summed E-state index contributed by atoms with van der Waals surface area (Å²) in [5.41, 5.74) is 1.73. The highest BCUT2D eigenvalue weighted by atomic mass is 16.2. The number of rotatable bonds is 5. The number of likely N-dealkylation sites (tertiary alicyclic amines) is 1. The third-order valence-corrected chi connectivity index (χ3v) is 3.99. The van der Waals surface area contributed by atoms with Crippen LogP contribution in [-0.2, 0) is 17.8 Å². The van der Waals surface area contributed by atoms with Crippen LogP contribution >= 0.6 is 0 Å². The highest BCUT2D eigenvalue weighted by Crippen LogP contribution is 2.21. The van der Waals surface area contributed by atoms with Crippen molar-refractivity contribution >= 4 is 5.91 Å². The van der Waals surface area contributed by atoms with Crippen LogP contribution in [0, 0.1) is 0 Å². The average molecular weight is 324 g/mol. The molecule has 3 aromatic heterocycles. The van der Waals surface area contributed by atoms with Crippen LogP contribution in [0.3, 0.4) is 0 Å². The maximum absolute atomic E-state index is 12.2. The standard InChI is InChI=1S/C15H16N8O/c24-15(6-12-2-1-3-16-7-12)21-10-14(11-21)22-8-13(19-20-22)9-23-17-4-5-18-23/h1-5,7-8,14H,6,9-11H2. The van der Waals surface area contributed by atoms with Crippen molar-refractivity contribution in [2.45, 2.75) is 19.0 Å². The van der Waals surface area contributed by atoms with E-state index in [2.05, 4.69) is 25.5 Å². The number of aromatic nitrogens is 7. The van der Waals surface area contributed by atoms with Gasteiger partial charge in [0, 0.05) is 25.5 Å². The van der Waals surface area contributed by atoms with Crippen molar-refractivity contribution < 1.29 is 4.79 Å². The van der Waals surface area contributed by atoms with Crippen molar-refractivity contribution in [2.24, 2.45) is 0 Å². The molecule has 1 amide bonds. The second kappa shape index (κ2) is 6.19. The molecule has 9 nitrogen and oxygen atoms in total. The Balaban J connectivity index is 1.31. The molecule has 0 saturated carbocycles. The Morgan fingerprint density at radius 1 is 1.21 bits per heavy atom. The van der Waals surface area contributed by atoms with E-state index in [4.69, 9.17) is 0 Å². The van der Waals surface area contributed by atoms with Gasteiger partial charge < -0.3 is 4.90 Å². The van der Waals surface area contributed by atoms with Crippen molar-refractivity contribution in [3.05, 3.63) is 54.4 Å². The first kappa shape index (κ1) is 14.5. The molecule has 1 fully saturated rings. The minimum atomic E-state index is 0.111. The normalized spacial score (nSPS) is 14.6. The van der Waals surface area contributed by atoms with E-state index in [0.717, 1.165) is 11.3 Å². The zero-order valence-electron chi connectivity index (χ0n) is 12.9. The summed E-state index contributed by atoms with van der Waals surface area (Å²) < 4.78 is 1.81. The third kappa shape index (κ3) is 3.00. The fourth-order valence-corrected chi connectivity index (χ4v) is 2.65. The van der Waals surface area contributed by atoms with Crippen LogP contribution in [0.1, 0.15) is 17.3 Å². The van der Waals surface area contributed by atoms with Gasteiger partial charge in [0.15, 0.2) is 0 Å². The summed E-state index contributed by atoms with van der Waals surface area (Å²) in [6, 6.07) is 3.93. The van der Waals surface area contributed by atoms with Crippen LogP contribution in [0.2, 0.25) is 0 Å². The van der Waals surface area contributed by atoms with Crippen LogP contribution in [0.15, 0.2) is 43.1 Å². The van der Waals surface area contributed by atoms with E-state index >= 15 is 0 Å². The molecule has 0 radical (unpaired) electrons. The highest BCUT2D eigenvalue weighted by Gasteiger charge is 2.32. The Morgan fingerprint density at radius 2 is 2.04 bits per heavy atom. The second-order valence-corrected chi connectivity index (χ2v) is 5.74. The number of nitrogens with zero attached hydrogens (tertiary/aromatic N) is 8. The smallest absolute Gasteiger partial charge is 0.227 e. The van der Waals surface area contributed by atoms with Gasteiger partial charge in [-0.2, -0.15) is 15.0 Å². The van der Waals surface area contributed by atoms with Crippen molar-refractivity contribution in [1.82, 2.24) is 39.9 Å². The van der Waals surface area contributed by atoms with Crippen molar-refractivity contribution in [3.8, 4) is 0 Å². The molecule has 122 valence electrons. The van der Waals surface area contributed by atoms with Crippen LogP contribution < -0.4 is 0 Å². The molecule has 0 bridgehead atoms. The van der Waals surface area contributed by atoms with Gasteiger partial charge in [-0.25, -0.2) is 4.68 Å². The second-order valence-electron chi connectivity index (χ2n) is 5.74. The van der Waals surface area contributed by atoms with E-state index in [0.29, 0.717) is 26.1 Å². The molecule has 0 unspecified atom stereocenters.